The number of nitrogens with zero attached hydrogens (tertiary/aromatic N) is 1. The lowest BCUT2D eigenvalue weighted by Gasteiger charge is -2.20. The van der Waals surface area contributed by atoms with E-state index in [1.54, 1.807) is 20.8 Å². The van der Waals surface area contributed by atoms with Crippen LogP contribution in [0.3, 0.4) is 0 Å². The fraction of sp³-hybridized carbons (Fsp3) is 0.562. The van der Waals surface area contributed by atoms with Gasteiger partial charge in [-0.2, -0.15) is 8.78 Å². The average molecular weight is 446 g/mol. The molecule has 0 unspecified atom stereocenters. The molecule has 27 heavy (non-hydrogen) atoms. The molecule has 1 rings (SSSR count). The van der Waals surface area contributed by atoms with Gasteiger partial charge in [-0.3, -0.25) is 4.99 Å². The highest BCUT2D eigenvalue weighted by Gasteiger charge is 2.28. The molecule has 6 nitrogen and oxygen atoms in total. The van der Waals surface area contributed by atoms with Gasteiger partial charge in [-0.15, -0.1) is 0 Å². The number of alkyl halides is 2. The van der Waals surface area contributed by atoms with Crippen molar-refractivity contribution in [2.24, 2.45) is 4.99 Å². The molecule has 0 amide bonds. The van der Waals surface area contributed by atoms with E-state index in [0.29, 0.717) is 11.5 Å². The Morgan fingerprint density at radius 1 is 1.26 bits per heavy atom. The third-order valence-corrected chi connectivity index (χ3v) is 6.66. The van der Waals surface area contributed by atoms with E-state index in [1.165, 1.54) is 19.2 Å². The number of ether oxygens (including phenoxy) is 1. The number of guanidine groups is 1. The number of hydrogen-bond donors (Lipinski definition) is 2. The van der Waals surface area contributed by atoms with E-state index in [2.05, 4.69) is 20.4 Å². The Balaban J connectivity index is 2.76. The topological polar surface area (TPSA) is 79.8 Å². The lowest BCUT2D eigenvalue weighted by molar-refractivity contribution is -0.0504. The molecular formula is C16H23Cl2F2N3O3S. The Hall–Kier alpha value is -1.32. The van der Waals surface area contributed by atoms with Crippen LogP contribution in [0.2, 0.25) is 10.0 Å². The highest BCUT2D eigenvalue weighted by Crippen LogP contribution is 2.33. The maximum absolute atomic E-state index is 12.6. The van der Waals surface area contributed by atoms with Crippen LogP contribution < -0.4 is 15.4 Å². The number of aliphatic imine (C=N–C) groups is 1. The molecule has 0 aliphatic heterocycles. The number of sulfone groups is 1. The van der Waals surface area contributed by atoms with Crippen LogP contribution in [-0.4, -0.2) is 45.1 Å². The zero-order valence-electron chi connectivity index (χ0n) is 15.4. The van der Waals surface area contributed by atoms with Crippen molar-refractivity contribution in [1.29, 1.82) is 0 Å². The van der Waals surface area contributed by atoms with Gasteiger partial charge in [0.1, 0.15) is 5.75 Å². The fourth-order valence-corrected chi connectivity index (χ4v) is 3.54. The van der Waals surface area contributed by atoms with Crippen LogP contribution in [0.4, 0.5) is 8.78 Å². The van der Waals surface area contributed by atoms with Crippen molar-refractivity contribution >= 4 is 39.0 Å². The Morgan fingerprint density at radius 3 is 2.41 bits per heavy atom. The molecule has 0 aliphatic carbocycles. The van der Waals surface area contributed by atoms with Gasteiger partial charge in [-0.05, 0) is 32.9 Å². The predicted octanol–water partition coefficient (Wildman–Crippen LogP) is 3.47. The zero-order valence-corrected chi connectivity index (χ0v) is 17.8. The smallest absolute Gasteiger partial charge is 0.387 e. The lowest BCUT2D eigenvalue weighted by atomic mass is 10.2. The van der Waals surface area contributed by atoms with Crippen molar-refractivity contribution < 1.29 is 21.9 Å². The molecule has 1 aromatic rings. The molecule has 11 heteroatoms. The summed E-state index contributed by atoms with van der Waals surface area (Å²) in [6.45, 7) is 2.01. The fourth-order valence-electron chi connectivity index (χ4n) is 1.98. The van der Waals surface area contributed by atoms with Crippen molar-refractivity contribution in [3.05, 3.63) is 27.7 Å². The van der Waals surface area contributed by atoms with Crippen LogP contribution in [0, 0.1) is 0 Å². The molecule has 0 aromatic heterocycles. The van der Waals surface area contributed by atoms with Crippen LogP contribution in [0.5, 0.6) is 5.75 Å². The summed E-state index contributed by atoms with van der Waals surface area (Å²) in [5, 5.41) is 5.96. The summed E-state index contributed by atoms with van der Waals surface area (Å²) < 4.78 is 53.0. The normalized spacial score (nSPS) is 13.0. The summed E-state index contributed by atoms with van der Waals surface area (Å²) in [7, 11) is -1.79. The minimum absolute atomic E-state index is 0.0357. The standard InChI is InChI=1S/C16H23Cl2F2N3O3S/c1-16(2,3)27(24,25)6-5-22-15(21-4)23-9-10-7-11(17)8-12(18)13(10)26-14(19)20/h7-8,14H,5-6,9H2,1-4H3,(H2,21,22,23). The molecule has 2 N–H and O–H groups in total. The quantitative estimate of drug-likeness (QED) is 0.495. The van der Waals surface area contributed by atoms with E-state index in [4.69, 9.17) is 23.2 Å². The highest BCUT2D eigenvalue weighted by molar-refractivity contribution is 7.92. The summed E-state index contributed by atoms with van der Waals surface area (Å²) in [6, 6.07) is 2.74. The van der Waals surface area contributed by atoms with E-state index < -0.39 is 21.2 Å². The minimum atomic E-state index is -3.28. The van der Waals surface area contributed by atoms with Crippen molar-refractivity contribution in [3.8, 4) is 5.75 Å². The average Bonchev–Trinajstić information content (AvgIpc) is 2.52. The van der Waals surface area contributed by atoms with E-state index in [1.807, 2.05) is 0 Å². The number of hydrogen-bond acceptors (Lipinski definition) is 4. The molecule has 0 bridgehead atoms. The first-order valence-corrected chi connectivity index (χ1v) is 10.4. The minimum Gasteiger partial charge on any atom is -0.433 e. The van der Waals surface area contributed by atoms with Crippen LogP contribution in [0.15, 0.2) is 17.1 Å². The summed E-state index contributed by atoms with van der Waals surface area (Å²) in [5.74, 6) is 0.0208. The molecule has 0 aliphatic rings. The van der Waals surface area contributed by atoms with Gasteiger partial charge in [-0.1, -0.05) is 23.2 Å². The molecule has 1 aromatic carbocycles. The molecule has 0 spiro atoms. The molecule has 0 radical (unpaired) electrons. The zero-order chi connectivity index (χ0) is 20.8. The van der Waals surface area contributed by atoms with Crippen LogP contribution in [0.25, 0.3) is 0 Å². The predicted molar refractivity (Wildman–Crippen MR) is 105 cm³/mol. The lowest BCUT2D eigenvalue weighted by Crippen LogP contribution is -2.41. The molecule has 0 saturated heterocycles. The summed E-state index contributed by atoms with van der Waals surface area (Å²) >= 11 is 11.8. The number of benzene rings is 1. The SMILES string of the molecule is CN=C(NCCS(=O)(=O)C(C)(C)C)NCc1cc(Cl)cc(Cl)c1OC(F)F. The summed E-state index contributed by atoms with van der Waals surface area (Å²) in [4.78, 5) is 3.96. The summed E-state index contributed by atoms with van der Waals surface area (Å²) in [5.41, 5.74) is 0.304. The van der Waals surface area contributed by atoms with Gasteiger partial charge in [0.2, 0.25) is 0 Å². The Labute approximate surface area is 168 Å². The van der Waals surface area contributed by atoms with Gasteiger partial charge >= 0.3 is 6.61 Å². The third-order valence-electron chi connectivity index (χ3n) is 3.56. The molecular weight excluding hydrogens is 423 g/mol. The largest absolute Gasteiger partial charge is 0.433 e. The highest BCUT2D eigenvalue weighted by atomic mass is 35.5. The molecule has 0 saturated carbocycles. The Morgan fingerprint density at radius 2 is 1.89 bits per heavy atom. The van der Waals surface area contributed by atoms with Gasteiger partial charge in [0, 0.05) is 30.7 Å². The summed E-state index contributed by atoms with van der Waals surface area (Å²) in [6.07, 6.45) is 0. The molecule has 0 heterocycles. The van der Waals surface area contributed by atoms with Gasteiger partial charge in [0.05, 0.1) is 15.5 Å². The van der Waals surface area contributed by atoms with Crippen molar-refractivity contribution in [2.45, 2.75) is 38.7 Å². The van der Waals surface area contributed by atoms with Crippen LogP contribution in [-0.2, 0) is 16.4 Å². The van der Waals surface area contributed by atoms with Gasteiger partial charge in [0.15, 0.2) is 15.8 Å². The van der Waals surface area contributed by atoms with Gasteiger partial charge in [-0.25, -0.2) is 8.42 Å². The van der Waals surface area contributed by atoms with Crippen LogP contribution in [0.1, 0.15) is 26.3 Å². The molecule has 0 atom stereocenters. The Kier molecular flexibility index (Phi) is 8.56. The second-order valence-corrected chi connectivity index (χ2v) is 10.2. The van der Waals surface area contributed by atoms with Crippen LogP contribution >= 0.6 is 23.2 Å². The molecule has 0 fully saturated rings. The first-order chi connectivity index (χ1) is 12.4. The van der Waals surface area contributed by atoms with E-state index in [0.717, 1.165) is 0 Å². The monoisotopic (exact) mass is 445 g/mol. The first-order valence-electron chi connectivity index (χ1n) is 7.97. The van der Waals surface area contributed by atoms with Crippen molar-refractivity contribution in [3.63, 3.8) is 0 Å². The van der Waals surface area contributed by atoms with E-state index >= 15 is 0 Å². The van der Waals surface area contributed by atoms with Crippen molar-refractivity contribution in [2.75, 3.05) is 19.3 Å². The maximum atomic E-state index is 12.6. The number of halogens is 4. The van der Waals surface area contributed by atoms with E-state index in [9.17, 15) is 17.2 Å². The maximum Gasteiger partial charge on any atom is 0.387 e. The molecule has 154 valence electrons. The van der Waals surface area contributed by atoms with Gasteiger partial charge in [0.25, 0.3) is 0 Å². The van der Waals surface area contributed by atoms with Gasteiger partial charge < -0.3 is 15.4 Å². The van der Waals surface area contributed by atoms with E-state index in [-0.39, 0.29) is 34.6 Å². The number of rotatable bonds is 7. The first kappa shape index (κ1) is 23.7. The second-order valence-electron chi connectivity index (χ2n) is 6.54. The number of nitrogens with one attached hydrogen (secondary N) is 2. The Bertz CT molecular complexity index is 782. The third kappa shape index (κ3) is 7.31. The second kappa shape index (κ2) is 9.75. The van der Waals surface area contributed by atoms with Crippen molar-refractivity contribution in [1.82, 2.24) is 10.6 Å².